The van der Waals surface area contributed by atoms with Crippen molar-refractivity contribution in [2.75, 3.05) is 52.5 Å². The molecule has 3 N–H and O–H groups in total. The number of thioether (sulfide) groups is 1. The van der Waals surface area contributed by atoms with Crippen LogP contribution < -0.4 is 15.6 Å². The molecule has 0 saturated carbocycles. The largest absolute Gasteiger partial charge is 0.489 e. The highest BCUT2D eigenvalue weighted by molar-refractivity contribution is 8.00. The molecule has 1 fully saturated rings. The third-order valence-corrected chi connectivity index (χ3v) is 8.84. The molecular formula is C31H30Cl2N4O9S. The van der Waals surface area contributed by atoms with Crippen molar-refractivity contribution in [2.24, 2.45) is 0 Å². The van der Waals surface area contributed by atoms with Crippen LogP contribution in [0.25, 0.3) is 22.3 Å². The van der Waals surface area contributed by atoms with Crippen LogP contribution in [0.2, 0.25) is 10.0 Å². The molecule has 0 bridgehead atoms. The van der Waals surface area contributed by atoms with Gasteiger partial charge in [0.25, 0.3) is 11.5 Å². The molecule has 13 nitrogen and oxygen atoms in total. The van der Waals surface area contributed by atoms with Gasteiger partial charge in [0.05, 0.1) is 42.9 Å². The van der Waals surface area contributed by atoms with E-state index in [1.165, 1.54) is 22.7 Å². The van der Waals surface area contributed by atoms with E-state index in [1.54, 1.807) is 49.6 Å². The van der Waals surface area contributed by atoms with Gasteiger partial charge in [-0.3, -0.25) is 19.3 Å². The summed E-state index contributed by atoms with van der Waals surface area (Å²) < 4.78 is 21.4. The molecule has 0 radical (unpaired) electrons. The molecule has 16 heteroatoms. The number of β-lactam (4-membered cyclic amide) rings is 1. The molecule has 2 aliphatic rings. The Bertz CT molecular complexity index is 1800. The lowest BCUT2D eigenvalue weighted by molar-refractivity contribution is -0.151. The van der Waals surface area contributed by atoms with Crippen molar-refractivity contribution >= 4 is 63.7 Å². The van der Waals surface area contributed by atoms with E-state index < -0.39 is 29.2 Å². The molecule has 3 heterocycles. The Hall–Kier alpha value is -3.92. The summed E-state index contributed by atoms with van der Waals surface area (Å²) in [6.45, 7) is 1.11. The number of rotatable bonds is 15. The number of nitrogens with zero attached hydrogens (tertiary/aromatic N) is 2. The summed E-state index contributed by atoms with van der Waals surface area (Å²) >= 11 is 13.6. The summed E-state index contributed by atoms with van der Waals surface area (Å²) in [5.74, 6) is -1.37. The molecular weight excluding hydrogens is 675 g/mol. The van der Waals surface area contributed by atoms with E-state index in [1.807, 2.05) is 0 Å². The molecule has 0 aliphatic carbocycles. The number of carbonyl (C=O) groups excluding carboxylic acids is 2. The number of ether oxygens (including phenoxy) is 4. The maximum Gasteiger partial charge on any atom is 0.352 e. The number of methoxy groups -OCH3 is 1. The predicted molar refractivity (Wildman–Crippen MR) is 176 cm³/mol. The number of halogens is 2. The molecule has 0 spiro atoms. The van der Waals surface area contributed by atoms with Crippen molar-refractivity contribution in [1.29, 1.82) is 0 Å². The SMILES string of the molecule is COCCOCCOCC(=O)N[C@@H]1C(=O)N2C(C(=O)O)=C(C=CCOc3ccc(Cl)cc3-c3nc4ccc(Cl)cc4c(=O)[nH]3)CSC12. The molecule has 1 aromatic heterocycles. The van der Waals surface area contributed by atoms with Crippen molar-refractivity contribution < 1.29 is 38.4 Å². The topological polar surface area (TPSA) is 169 Å². The number of H-pyrrole nitrogens is 1. The lowest BCUT2D eigenvalue weighted by Gasteiger charge is -2.49. The van der Waals surface area contributed by atoms with E-state index in [2.05, 4.69) is 15.3 Å². The summed E-state index contributed by atoms with van der Waals surface area (Å²) in [6, 6.07) is 8.81. The van der Waals surface area contributed by atoms with Gasteiger partial charge in [0.1, 0.15) is 41.9 Å². The Kier molecular flexibility index (Phi) is 11.6. The van der Waals surface area contributed by atoms with Gasteiger partial charge >= 0.3 is 5.97 Å². The minimum Gasteiger partial charge on any atom is -0.489 e. The second-order valence-corrected chi connectivity index (χ2v) is 12.2. The summed E-state index contributed by atoms with van der Waals surface area (Å²) in [4.78, 5) is 58.7. The molecule has 248 valence electrons. The fraction of sp³-hybridized carbons (Fsp3) is 0.323. The number of carboxylic acids is 1. The van der Waals surface area contributed by atoms with Gasteiger partial charge in [-0.15, -0.1) is 11.8 Å². The van der Waals surface area contributed by atoms with Crippen LogP contribution in [0.3, 0.4) is 0 Å². The number of aromatic amines is 1. The Morgan fingerprint density at radius 2 is 1.85 bits per heavy atom. The number of benzene rings is 2. The van der Waals surface area contributed by atoms with Crippen LogP contribution >= 0.6 is 35.0 Å². The van der Waals surface area contributed by atoms with Crippen LogP contribution in [0.5, 0.6) is 5.75 Å². The first kappa shape index (κ1) is 34.4. The lowest BCUT2D eigenvalue weighted by Crippen LogP contribution is -2.70. The quantitative estimate of drug-likeness (QED) is 0.157. The van der Waals surface area contributed by atoms with E-state index in [0.29, 0.717) is 57.7 Å². The number of aromatic nitrogens is 2. The van der Waals surface area contributed by atoms with Gasteiger partial charge in [-0.25, -0.2) is 9.78 Å². The van der Waals surface area contributed by atoms with Crippen LogP contribution in [0, 0.1) is 0 Å². The van der Waals surface area contributed by atoms with E-state index in [-0.39, 0.29) is 42.7 Å². The number of nitrogens with one attached hydrogen (secondary N) is 2. The number of carbonyl (C=O) groups is 3. The monoisotopic (exact) mass is 704 g/mol. The molecule has 2 amide bonds. The van der Waals surface area contributed by atoms with Crippen molar-refractivity contribution in [3.8, 4) is 17.1 Å². The molecule has 1 saturated heterocycles. The number of carboxylic acid groups (broad SMARTS) is 1. The first-order valence-corrected chi connectivity index (χ1v) is 16.1. The average Bonchev–Trinajstić information content (AvgIpc) is 3.05. The van der Waals surface area contributed by atoms with Gasteiger partial charge < -0.3 is 34.4 Å². The number of allylic oxidation sites excluding steroid dienone is 1. The van der Waals surface area contributed by atoms with Crippen LogP contribution in [0.4, 0.5) is 0 Å². The van der Waals surface area contributed by atoms with Crippen LogP contribution in [0.1, 0.15) is 0 Å². The third kappa shape index (κ3) is 8.15. The molecule has 2 aromatic carbocycles. The van der Waals surface area contributed by atoms with Crippen LogP contribution in [-0.4, -0.2) is 102 Å². The zero-order chi connectivity index (χ0) is 33.5. The Morgan fingerprint density at radius 3 is 2.64 bits per heavy atom. The highest BCUT2D eigenvalue weighted by Crippen LogP contribution is 2.40. The maximum atomic E-state index is 12.9. The summed E-state index contributed by atoms with van der Waals surface area (Å²) in [5, 5.41) is 13.2. The molecule has 2 atom stereocenters. The zero-order valence-corrected chi connectivity index (χ0v) is 27.3. The second kappa shape index (κ2) is 15.8. The third-order valence-electron chi connectivity index (χ3n) is 7.07. The number of hydrogen-bond donors (Lipinski definition) is 3. The van der Waals surface area contributed by atoms with Crippen LogP contribution in [0.15, 0.2) is 64.6 Å². The predicted octanol–water partition coefficient (Wildman–Crippen LogP) is 3.25. The van der Waals surface area contributed by atoms with Gasteiger partial charge in [-0.05, 0) is 48.0 Å². The first-order valence-electron chi connectivity index (χ1n) is 14.3. The Balaban J connectivity index is 1.21. The lowest BCUT2D eigenvalue weighted by atomic mass is 10.0. The van der Waals surface area contributed by atoms with E-state index in [0.717, 1.165) is 0 Å². The summed E-state index contributed by atoms with van der Waals surface area (Å²) in [6.07, 6.45) is 3.21. The second-order valence-electron chi connectivity index (χ2n) is 10.2. The molecule has 5 rings (SSSR count). The minimum absolute atomic E-state index is 0.0244. The molecule has 3 aromatic rings. The van der Waals surface area contributed by atoms with Gasteiger partial charge in [-0.1, -0.05) is 29.3 Å². The van der Waals surface area contributed by atoms with Gasteiger partial charge in [0.15, 0.2) is 0 Å². The fourth-order valence-electron chi connectivity index (χ4n) is 4.89. The number of amides is 2. The fourth-order valence-corrected chi connectivity index (χ4v) is 6.56. The number of aliphatic carboxylic acids is 1. The minimum atomic E-state index is -1.27. The first-order chi connectivity index (χ1) is 22.7. The maximum absolute atomic E-state index is 12.9. The smallest absolute Gasteiger partial charge is 0.352 e. The number of fused-ring (bicyclic) bond motifs is 2. The van der Waals surface area contributed by atoms with E-state index in [4.69, 9.17) is 42.1 Å². The highest BCUT2D eigenvalue weighted by atomic mass is 35.5. The van der Waals surface area contributed by atoms with Gasteiger partial charge in [0.2, 0.25) is 5.91 Å². The normalized spacial score (nSPS) is 17.6. The average molecular weight is 706 g/mol. The molecule has 1 unspecified atom stereocenters. The number of hydrogen-bond acceptors (Lipinski definition) is 10. The van der Waals surface area contributed by atoms with Crippen molar-refractivity contribution in [2.45, 2.75) is 11.4 Å². The Labute approximate surface area is 282 Å². The zero-order valence-electron chi connectivity index (χ0n) is 25.0. The summed E-state index contributed by atoms with van der Waals surface area (Å²) in [7, 11) is 1.56. The molecule has 47 heavy (non-hydrogen) atoms. The van der Waals surface area contributed by atoms with Crippen LogP contribution in [-0.2, 0) is 28.6 Å². The Morgan fingerprint density at radius 1 is 1.11 bits per heavy atom. The van der Waals surface area contributed by atoms with Gasteiger partial charge in [-0.2, -0.15) is 0 Å². The van der Waals surface area contributed by atoms with Crippen molar-refractivity contribution in [3.63, 3.8) is 0 Å². The van der Waals surface area contributed by atoms with E-state index in [9.17, 15) is 24.3 Å². The molecule has 2 aliphatic heterocycles. The van der Waals surface area contributed by atoms with Crippen molar-refractivity contribution in [3.05, 3.63) is 80.2 Å². The highest BCUT2D eigenvalue weighted by Gasteiger charge is 2.53. The van der Waals surface area contributed by atoms with Crippen molar-refractivity contribution in [1.82, 2.24) is 20.2 Å². The summed E-state index contributed by atoms with van der Waals surface area (Å²) in [5.41, 5.74) is 0.759. The standard InChI is InChI=1S/C31H30Cl2N4O9S/c1-43-9-10-44-11-12-45-15-24(38)35-25-29(40)37-26(31(41)42)17(16-47-30(25)37)3-2-8-46-23-7-5-19(33)14-21(23)27-34-22-6-4-18(32)13-20(22)28(39)36-27/h2-7,13-14,25,30H,8-12,15-16H2,1H3,(H,35,38)(H,41,42)(H,34,36,39)/t25-,30?/m1/s1. The van der Waals surface area contributed by atoms with E-state index >= 15 is 0 Å². The van der Waals surface area contributed by atoms with Gasteiger partial charge in [0, 0.05) is 22.9 Å².